The molecule has 5 aromatic rings. The van der Waals surface area contributed by atoms with Crippen LogP contribution in [0, 0.1) is 13.8 Å². The summed E-state index contributed by atoms with van der Waals surface area (Å²) in [6.45, 7) is 13.0. The first-order valence-electron chi connectivity index (χ1n) is 11.5. The molecule has 0 radical (unpaired) electrons. The number of aryl methyl sites for hydroxylation is 2. The number of aromatic carboxylic acids is 1. The molecule has 0 aromatic carbocycles. The molecule has 2 N–H and O–H groups in total. The van der Waals surface area contributed by atoms with Crippen LogP contribution in [-0.4, -0.2) is 58.1 Å². The third kappa shape index (κ3) is 6.33. The first-order chi connectivity index (χ1) is 17.8. The lowest BCUT2D eigenvalue weighted by Gasteiger charge is -2.04. The quantitative estimate of drug-likeness (QED) is 0.320. The topological polar surface area (TPSA) is 170 Å². The third-order valence-electron chi connectivity index (χ3n) is 4.77. The minimum absolute atomic E-state index is 0.0526. The van der Waals surface area contributed by atoms with Gasteiger partial charge in [-0.15, -0.1) is 0 Å². The van der Waals surface area contributed by atoms with Gasteiger partial charge in [0.1, 0.15) is 16.9 Å². The first kappa shape index (κ1) is 27.9. The van der Waals surface area contributed by atoms with Crippen molar-refractivity contribution in [2.75, 3.05) is 0 Å². The number of carbonyl (C=O) groups is 1. The van der Waals surface area contributed by atoms with Crippen LogP contribution in [0.15, 0.2) is 63.4 Å². The molecule has 0 aliphatic heterocycles. The molecule has 0 saturated carbocycles. The summed E-state index contributed by atoms with van der Waals surface area (Å²) < 4.78 is 3.48. The van der Waals surface area contributed by atoms with E-state index in [9.17, 15) is 19.2 Å². The molecule has 13 nitrogen and oxygen atoms in total. The standard InChI is InChI=1S/C10H8N6O2.C10H8N2O3.C4H12Si/c1-6-3-2-4-15-8(6)11-5-7(9(15)17)16-10(18)12-13-14-16;1-6-3-2-4-12-8(6)11-5-7(9(12)13)10(14)15;1-5(2,3)4/h2-5H,1H3,(H,12,14,18);2-5H,1H3,(H,14,15);1-4H3. The Kier molecular flexibility index (Phi) is 8.15. The molecule has 0 unspecified atom stereocenters. The molecule has 38 heavy (non-hydrogen) atoms. The Balaban J connectivity index is 0.000000182. The van der Waals surface area contributed by atoms with Crippen molar-refractivity contribution in [3.8, 4) is 5.69 Å². The van der Waals surface area contributed by atoms with Crippen molar-refractivity contribution >= 4 is 25.3 Å². The van der Waals surface area contributed by atoms with Crippen LogP contribution in [0.25, 0.3) is 17.0 Å². The zero-order valence-corrected chi connectivity index (χ0v) is 22.8. The molecule has 5 aromatic heterocycles. The zero-order valence-electron chi connectivity index (χ0n) is 21.8. The molecule has 5 heterocycles. The van der Waals surface area contributed by atoms with Gasteiger partial charge in [-0.05, 0) is 47.5 Å². The van der Waals surface area contributed by atoms with Crippen molar-refractivity contribution in [1.82, 2.24) is 39.0 Å². The minimum atomic E-state index is -1.26. The Morgan fingerprint density at radius 2 is 1.37 bits per heavy atom. The zero-order chi connectivity index (χ0) is 28.2. The Morgan fingerprint density at radius 3 is 1.84 bits per heavy atom. The molecular formula is C24H28N8O5Si. The van der Waals surface area contributed by atoms with Crippen LogP contribution < -0.4 is 16.8 Å². The number of pyridine rings is 2. The van der Waals surface area contributed by atoms with Gasteiger partial charge < -0.3 is 5.11 Å². The fourth-order valence-electron chi connectivity index (χ4n) is 3.13. The van der Waals surface area contributed by atoms with Gasteiger partial charge in [0, 0.05) is 26.7 Å². The Hall–Kier alpha value is -4.72. The van der Waals surface area contributed by atoms with Gasteiger partial charge in [-0.2, -0.15) is 4.68 Å². The Bertz CT molecular complexity index is 1790. The van der Waals surface area contributed by atoms with E-state index in [-0.39, 0.29) is 16.8 Å². The summed E-state index contributed by atoms with van der Waals surface area (Å²) in [5.41, 5.74) is 0.933. The maximum Gasteiger partial charge on any atom is 0.366 e. The highest BCUT2D eigenvalue weighted by atomic mass is 28.3. The average molecular weight is 537 g/mol. The number of nitrogens with one attached hydrogen (secondary N) is 1. The van der Waals surface area contributed by atoms with Crippen molar-refractivity contribution < 1.29 is 9.90 Å². The molecule has 0 spiro atoms. The van der Waals surface area contributed by atoms with Crippen LogP contribution >= 0.6 is 0 Å². The normalized spacial score (nSPS) is 10.9. The summed E-state index contributed by atoms with van der Waals surface area (Å²) >= 11 is 0. The van der Waals surface area contributed by atoms with Crippen molar-refractivity contribution in [3.05, 3.63) is 96.9 Å². The number of rotatable bonds is 2. The summed E-state index contributed by atoms with van der Waals surface area (Å²) in [6, 6.07) is 7.07. The molecule has 0 bridgehead atoms. The smallest absolute Gasteiger partial charge is 0.366 e. The number of carboxylic acid groups (broad SMARTS) is 1. The number of hydrogen-bond donors (Lipinski definition) is 2. The van der Waals surface area contributed by atoms with Crippen LogP contribution in [0.1, 0.15) is 21.5 Å². The van der Waals surface area contributed by atoms with E-state index in [0.29, 0.717) is 11.3 Å². The van der Waals surface area contributed by atoms with Crippen molar-refractivity contribution in [2.24, 2.45) is 0 Å². The van der Waals surface area contributed by atoms with Crippen LogP contribution in [0.4, 0.5) is 0 Å². The molecule has 0 amide bonds. The molecule has 0 fully saturated rings. The second-order valence-corrected chi connectivity index (χ2v) is 15.9. The van der Waals surface area contributed by atoms with Crippen LogP contribution in [0.3, 0.4) is 0 Å². The van der Waals surface area contributed by atoms with Gasteiger partial charge in [0.05, 0.1) is 6.20 Å². The lowest BCUT2D eigenvalue weighted by Crippen LogP contribution is -2.27. The molecule has 14 heteroatoms. The average Bonchev–Trinajstić information content (AvgIpc) is 3.25. The van der Waals surface area contributed by atoms with Crippen molar-refractivity contribution in [1.29, 1.82) is 0 Å². The second kappa shape index (κ2) is 11.1. The van der Waals surface area contributed by atoms with Gasteiger partial charge in [0.15, 0.2) is 5.69 Å². The monoisotopic (exact) mass is 536 g/mol. The van der Waals surface area contributed by atoms with E-state index in [2.05, 4.69) is 51.7 Å². The van der Waals surface area contributed by atoms with Crippen molar-refractivity contribution in [2.45, 2.75) is 40.0 Å². The predicted octanol–water partition coefficient (Wildman–Crippen LogP) is 1.93. The Labute approximate surface area is 217 Å². The summed E-state index contributed by atoms with van der Waals surface area (Å²) in [4.78, 5) is 54.1. The van der Waals surface area contributed by atoms with E-state index in [1.165, 1.54) is 21.2 Å². The van der Waals surface area contributed by atoms with Crippen LogP contribution in [0.2, 0.25) is 26.2 Å². The van der Waals surface area contributed by atoms with E-state index in [1.807, 2.05) is 26.0 Å². The molecule has 0 aliphatic carbocycles. The third-order valence-corrected chi connectivity index (χ3v) is 4.77. The minimum Gasteiger partial charge on any atom is -0.477 e. The number of H-pyrrole nitrogens is 1. The van der Waals surface area contributed by atoms with Gasteiger partial charge in [-0.1, -0.05) is 38.3 Å². The second-order valence-electron chi connectivity index (χ2n) is 9.92. The SMILES string of the molecule is C[Si](C)(C)C.Cc1cccn2c(=O)c(-n3nn[nH]c3=O)cnc12.Cc1cccn2c(=O)c(C(=O)O)cnc12. The summed E-state index contributed by atoms with van der Waals surface area (Å²) in [5.74, 6) is -1.26. The Morgan fingerprint density at radius 1 is 0.868 bits per heavy atom. The molecule has 0 saturated heterocycles. The summed E-state index contributed by atoms with van der Waals surface area (Å²) in [5, 5.41) is 17.7. The van der Waals surface area contributed by atoms with E-state index < -0.39 is 25.3 Å². The fraction of sp³-hybridized carbons (Fsp3) is 0.250. The van der Waals surface area contributed by atoms with E-state index in [4.69, 9.17) is 5.11 Å². The van der Waals surface area contributed by atoms with Gasteiger partial charge in [0.2, 0.25) is 0 Å². The van der Waals surface area contributed by atoms with Crippen molar-refractivity contribution in [3.63, 3.8) is 0 Å². The van der Waals surface area contributed by atoms with Gasteiger partial charge in [0.25, 0.3) is 11.1 Å². The number of fused-ring (bicyclic) bond motifs is 2. The van der Waals surface area contributed by atoms with E-state index >= 15 is 0 Å². The van der Waals surface area contributed by atoms with Crippen LogP contribution in [0.5, 0.6) is 0 Å². The van der Waals surface area contributed by atoms with E-state index in [1.54, 1.807) is 18.3 Å². The summed E-state index contributed by atoms with van der Waals surface area (Å²) in [7, 11) is -0.611. The van der Waals surface area contributed by atoms with Gasteiger partial charge in [-0.3, -0.25) is 18.4 Å². The highest BCUT2D eigenvalue weighted by Crippen LogP contribution is 2.06. The molecule has 198 valence electrons. The number of hydrogen-bond acceptors (Lipinski definition) is 8. The van der Waals surface area contributed by atoms with Crippen LogP contribution in [-0.2, 0) is 0 Å². The lowest BCUT2D eigenvalue weighted by atomic mass is 10.2. The molecule has 0 atom stereocenters. The first-order valence-corrected chi connectivity index (χ1v) is 15.5. The summed E-state index contributed by atoms with van der Waals surface area (Å²) in [6.07, 6.45) is 5.50. The molecular weight excluding hydrogens is 508 g/mol. The van der Waals surface area contributed by atoms with Gasteiger partial charge in [-0.25, -0.2) is 24.7 Å². The lowest BCUT2D eigenvalue weighted by molar-refractivity contribution is 0.0694. The predicted molar refractivity (Wildman–Crippen MR) is 144 cm³/mol. The highest BCUT2D eigenvalue weighted by Gasteiger charge is 2.12. The fourth-order valence-corrected chi connectivity index (χ4v) is 3.13. The number of aromatic nitrogens is 8. The number of tetrazole rings is 1. The number of aromatic amines is 1. The highest BCUT2D eigenvalue weighted by molar-refractivity contribution is 6.74. The molecule has 0 aliphatic rings. The van der Waals surface area contributed by atoms with Gasteiger partial charge >= 0.3 is 11.7 Å². The largest absolute Gasteiger partial charge is 0.477 e. The number of nitrogens with zero attached hydrogens (tertiary/aromatic N) is 7. The molecule has 5 rings (SSSR count). The maximum absolute atomic E-state index is 12.2. The maximum atomic E-state index is 12.2. The van der Waals surface area contributed by atoms with E-state index in [0.717, 1.165) is 22.0 Å². The number of carboxylic acids is 1.